The summed E-state index contributed by atoms with van der Waals surface area (Å²) >= 11 is 1.00. The van der Waals surface area contributed by atoms with Crippen molar-refractivity contribution in [3.05, 3.63) is 59.0 Å². The van der Waals surface area contributed by atoms with E-state index in [1.807, 2.05) is 18.2 Å². The summed E-state index contributed by atoms with van der Waals surface area (Å²) in [6.07, 6.45) is 13.0. The lowest BCUT2D eigenvalue weighted by Crippen LogP contribution is -2.41. The Labute approximate surface area is 229 Å². The molecule has 1 aromatic heterocycles. The maximum Gasteiger partial charge on any atom is 0.245 e. The molecule has 0 saturated heterocycles. The number of nitrogens with one attached hydrogen (secondary N) is 2. The summed E-state index contributed by atoms with van der Waals surface area (Å²) in [7, 11) is -2.70. The lowest BCUT2D eigenvalue weighted by Gasteiger charge is -2.15. The Kier molecular flexibility index (Phi) is 8.06. The predicted molar refractivity (Wildman–Crippen MR) is 149 cm³/mol. The minimum absolute atomic E-state index is 0.00286. The number of hydrogen-bond acceptors (Lipinski definition) is 8. The van der Waals surface area contributed by atoms with Crippen molar-refractivity contribution in [3.63, 3.8) is 0 Å². The zero-order chi connectivity index (χ0) is 27.6. The van der Waals surface area contributed by atoms with Gasteiger partial charge in [-0.25, -0.2) is 17.8 Å². The number of sulfone groups is 1. The molecule has 2 aromatic rings. The van der Waals surface area contributed by atoms with Crippen molar-refractivity contribution in [1.29, 1.82) is 0 Å². The quantitative estimate of drug-likeness (QED) is 0.426. The number of carbonyl (C=O) groups excluding carboxylic acids is 2. The van der Waals surface area contributed by atoms with E-state index in [1.165, 1.54) is 13.2 Å². The van der Waals surface area contributed by atoms with Gasteiger partial charge in [-0.1, -0.05) is 18.2 Å². The fourth-order valence-electron chi connectivity index (χ4n) is 4.14. The molecule has 12 heteroatoms. The SMILES string of the molecule is COCCS(=O)(=O)C(C(=O)NCC(=O)NC1CC1)c1nc2cc(F)c(C3=C/N=C(C4CC4)\C=C\C=C\3)cc2s1. The maximum atomic E-state index is 15.3. The number of allylic oxidation sites excluding steroid dienone is 5. The Bertz CT molecular complexity index is 1520. The van der Waals surface area contributed by atoms with Crippen molar-refractivity contribution in [3.8, 4) is 0 Å². The molecule has 1 unspecified atom stereocenters. The summed E-state index contributed by atoms with van der Waals surface area (Å²) in [4.78, 5) is 34.1. The number of nitrogens with zero attached hydrogens (tertiary/aromatic N) is 2. The van der Waals surface area contributed by atoms with Gasteiger partial charge in [-0.2, -0.15) is 0 Å². The number of rotatable bonds is 11. The smallest absolute Gasteiger partial charge is 0.245 e. The monoisotopic (exact) mass is 572 g/mol. The summed E-state index contributed by atoms with van der Waals surface area (Å²) in [5.74, 6) is -1.78. The van der Waals surface area contributed by atoms with E-state index in [2.05, 4.69) is 20.6 Å². The first-order chi connectivity index (χ1) is 18.7. The van der Waals surface area contributed by atoms with E-state index in [4.69, 9.17) is 4.74 Å². The number of amides is 2. The standard InChI is InChI=1S/C27H29FN4O5S2/c1-37-10-11-39(35,36)25(26(34)30-15-24(33)31-18-8-9-18)27-32-22-13-20(28)19(12-23(22)38-27)17-4-2-3-5-21(29-14-17)16-6-7-16/h2-5,12-14,16,18,25H,6-11,15H2,1H3,(H,30,34)(H,31,33)/b3-2?,4-2+,5-3+,17-4?,17-14+,21-5?,29-14?,29-21+. The number of methoxy groups -OCH3 is 1. The minimum atomic E-state index is -4.06. The molecule has 0 radical (unpaired) electrons. The molecule has 0 spiro atoms. The van der Waals surface area contributed by atoms with Crippen molar-refractivity contribution in [2.75, 3.05) is 26.0 Å². The molecule has 2 N–H and O–H groups in total. The van der Waals surface area contributed by atoms with Crippen LogP contribution in [-0.2, 0) is 24.2 Å². The largest absolute Gasteiger partial charge is 0.384 e. The summed E-state index contributed by atoms with van der Waals surface area (Å²) < 4.78 is 47.1. The number of carbonyl (C=O) groups is 2. The van der Waals surface area contributed by atoms with Crippen LogP contribution in [0.2, 0.25) is 0 Å². The number of thiazole rings is 1. The average molecular weight is 573 g/mol. The summed E-state index contributed by atoms with van der Waals surface area (Å²) in [5.41, 5.74) is 2.05. The third kappa shape index (κ3) is 6.68. The number of aliphatic imine (C=N–C) groups is 1. The molecule has 2 amide bonds. The molecule has 9 nitrogen and oxygen atoms in total. The Morgan fingerprint density at radius 2 is 1.95 bits per heavy atom. The molecular formula is C27H29FN4O5S2. The van der Waals surface area contributed by atoms with Gasteiger partial charge in [0.1, 0.15) is 10.8 Å². The van der Waals surface area contributed by atoms with E-state index in [1.54, 1.807) is 18.3 Å². The van der Waals surface area contributed by atoms with Crippen LogP contribution in [0, 0.1) is 11.7 Å². The van der Waals surface area contributed by atoms with E-state index in [-0.39, 0.29) is 29.7 Å². The van der Waals surface area contributed by atoms with Crippen LogP contribution in [-0.4, -0.2) is 63.0 Å². The van der Waals surface area contributed by atoms with Gasteiger partial charge in [0.15, 0.2) is 15.1 Å². The third-order valence-electron chi connectivity index (χ3n) is 6.57. The van der Waals surface area contributed by atoms with E-state index in [0.29, 0.717) is 21.8 Å². The van der Waals surface area contributed by atoms with Gasteiger partial charge in [0.25, 0.3) is 0 Å². The van der Waals surface area contributed by atoms with Gasteiger partial charge in [-0.3, -0.25) is 14.6 Å². The fourth-order valence-corrected chi connectivity index (χ4v) is 7.09. The Morgan fingerprint density at radius 3 is 2.67 bits per heavy atom. The average Bonchev–Trinajstić information content (AvgIpc) is 3.81. The molecule has 1 atom stereocenters. The number of ether oxygens (including phenoxy) is 1. The van der Waals surface area contributed by atoms with Crippen LogP contribution >= 0.6 is 11.3 Å². The second-order valence-corrected chi connectivity index (χ2v) is 13.0. The summed E-state index contributed by atoms with van der Waals surface area (Å²) in [5, 5.41) is 3.51. The second-order valence-electron chi connectivity index (χ2n) is 9.78. The van der Waals surface area contributed by atoms with Crippen LogP contribution < -0.4 is 10.6 Å². The molecule has 2 saturated carbocycles. The van der Waals surface area contributed by atoms with E-state index in [0.717, 1.165) is 42.7 Å². The number of fused-ring (bicyclic) bond motifs is 1. The lowest BCUT2D eigenvalue weighted by atomic mass is 10.0. The van der Waals surface area contributed by atoms with Crippen molar-refractivity contribution < 1.29 is 27.1 Å². The zero-order valence-corrected chi connectivity index (χ0v) is 23.0. The molecule has 2 aliphatic carbocycles. The maximum absolute atomic E-state index is 15.3. The minimum Gasteiger partial charge on any atom is -0.384 e. The van der Waals surface area contributed by atoms with Crippen molar-refractivity contribution in [2.24, 2.45) is 10.9 Å². The first-order valence-corrected chi connectivity index (χ1v) is 15.3. The first-order valence-electron chi connectivity index (χ1n) is 12.8. The van der Waals surface area contributed by atoms with Crippen LogP contribution in [0.1, 0.15) is 41.5 Å². The highest BCUT2D eigenvalue weighted by atomic mass is 32.2. The number of aromatic nitrogens is 1. The van der Waals surface area contributed by atoms with Gasteiger partial charge in [0.05, 0.1) is 29.1 Å². The lowest BCUT2D eigenvalue weighted by molar-refractivity contribution is -0.126. The number of hydrogen-bond donors (Lipinski definition) is 2. The Hall–Kier alpha value is -3.22. The summed E-state index contributed by atoms with van der Waals surface area (Å²) in [6, 6.07) is 2.94. The number of halogens is 1. The van der Waals surface area contributed by atoms with Crippen molar-refractivity contribution >= 4 is 54.5 Å². The Morgan fingerprint density at radius 1 is 1.18 bits per heavy atom. The van der Waals surface area contributed by atoms with Gasteiger partial charge < -0.3 is 15.4 Å². The van der Waals surface area contributed by atoms with E-state index < -0.39 is 38.5 Å². The van der Waals surface area contributed by atoms with Crippen LogP contribution in [0.25, 0.3) is 15.8 Å². The fraction of sp³-hybridized carbons (Fsp3) is 0.407. The first kappa shape index (κ1) is 27.4. The van der Waals surface area contributed by atoms with E-state index >= 15 is 4.39 Å². The molecule has 2 heterocycles. The van der Waals surface area contributed by atoms with Gasteiger partial charge >= 0.3 is 0 Å². The van der Waals surface area contributed by atoms with E-state index in [9.17, 15) is 18.0 Å². The van der Waals surface area contributed by atoms with Crippen molar-refractivity contribution in [2.45, 2.75) is 37.0 Å². The highest BCUT2D eigenvalue weighted by Gasteiger charge is 2.37. The molecule has 1 aliphatic heterocycles. The van der Waals surface area contributed by atoms with Crippen LogP contribution in [0.15, 0.2) is 47.6 Å². The highest BCUT2D eigenvalue weighted by molar-refractivity contribution is 7.92. The zero-order valence-electron chi connectivity index (χ0n) is 21.4. The third-order valence-corrected chi connectivity index (χ3v) is 9.69. The second kappa shape index (κ2) is 11.5. The number of benzene rings is 1. The molecule has 0 bridgehead atoms. The van der Waals surface area contributed by atoms with Gasteiger partial charge in [-0.05, 0) is 37.8 Å². The molecule has 206 valence electrons. The molecule has 39 heavy (non-hydrogen) atoms. The normalized spacial score (nSPS) is 22.5. The predicted octanol–water partition coefficient (Wildman–Crippen LogP) is 3.25. The van der Waals surface area contributed by atoms with Crippen LogP contribution in [0.3, 0.4) is 0 Å². The topological polar surface area (TPSA) is 127 Å². The molecule has 2 fully saturated rings. The van der Waals surface area contributed by atoms with Crippen LogP contribution in [0.4, 0.5) is 4.39 Å². The Balaban J connectivity index is 1.45. The molecule has 5 rings (SSSR count). The van der Waals surface area contributed by atoms with Gasteiger partial charge in [0, 0.05) is 48.2 Å². The van der Waals surface area contributed by atoms with Gasteiger partial charge in [0.2, 0.25) is 11.8 Å². The van der Waals surface area contributed by atoms with Crippen LogP contribution in [0.5, 0.6) is 0 Å². The molecule has 1 aromatic carbocycles. The highest BCUT2D eigenvalue weighted by Crippen LogP contribution is 2.35. The molecular weight excluding hydrogens is 543 g/mol. The summed E-state index contributed by atoms with van der Waals surface area (Å²) in [6.45, 7) is -0.468. The van der Waals surface area contributed by atoms with Crippen molar-refractivity contribution in [1.82, 2.24) is 15.6 Å². The van der Waals surface area contributed by atoms with Gasteiger partial charge in [-0.15, -0.1) is 11.3 Å². The molecule has 3 aliphatic rings.